The SMILES string of the molecule is O=c1[nH][nH]c(=O)n1CCCCCO. The van der Waals surface area contributed by atoms with Crippen molar-refractivity contribution < 1.29 is 5.11 Å². The van der Waals surface area contributed by atoms with Crippen LogP contribution < -0.4 is 11.4 Å². The van der Waals surface area contributed by atoms with Crippen molar-refractivity contribution in [2.75, 3.05) is 6.61 Å². The van der Waals surface area contributed by atoms with Gasteiger partial charge in [-0.2, -0.15) is 0 Å². The highest BCUT2D eigenvalue weighted by Crippen LogP contribution is 1.94. The Morgan fingerprint density at radius 2 is 1.69 bits per heavy atom. The van der Waals surface area contributed by atoms with Gasteiger partial charge in [-0.1, -0.05) is 0 Å². The third kappa shape index (κ3) is 2.59. The molecule has 3 N–H and O–H groups in total. The van der Waals surface area contributed by atoms with Crippen LogP contribution in [0.2, 0.25) is 0 Å². The molecule has 1 aromatic heterocycles. The van der Waals surface area contributed by atoms with Gasteiger partial charge in [0.05, 0.1) is 0 Å². The molecule has 0 amide bonds. The molecule has 0 spiro atoms. The summed E-state index contributed by atoms with van der Waals surface area (Å²) in [6, 6.07) is 0. The molecule has 6 heteroatoms. The van der Waals surface area contributed by atoms with E-state index < -0.39 is 11.4 Å². The van der Waals surface area contributed by atoms with Gasteiger partial charge in [0.15, 0.2) is 0 Å². The Morgan fingerprint density at radius 1 is 1.08 bits per heavy atom. The molecular weight excluding hydrogens is 174 g/mol. The van der Waals surface area contributed by atoms with Crippen molar-refractivity contribution >= 4 is 0 Å². The molecule has 0 radical (unpaired) electrons. The minimum absolute atomic E-state index is 0.151. The molecule has 0 atom stereocenters. The molecule has 0 aliphatic rings. The third-order valence-electron chi connectivity index (χ3n) is 1.81. The van der Waals surface area contributed by atoms with E-state index in [4.69, 9.17) is 5.11 Å². The van der Waals surface area contributed by atoms with Gasteiger partial charge in [-0.05, 0) is 19.3 Å². The zero-order valence-electron chi connectivity index (χ0n) is 7.25. The summed E-state index contributed by atoms with van der Waals surface area (Å²) in [5, 5.41) is 12.9. The largest absolute Gasteiger partial charge is 0.396 e. The van der Waals surface area contributed by atoms with E-state index in [9.17, 15) is 9.59 Å². The maximum absolute atomic E-state index is 10.9. The van der Waals surface area contributed by atoms with Crippen LogP contribution in [0.15, 0.2) is 9.59 Å². The van der Waals surface area contributed by atoms with Gasteiger partial charge < -0.3 is 5.11 Å². The lowest BCUT2D eigenvalue weighted by Crippen LogP contribution is -2.26. The molecule has 1 aromatic rings. The average molecular weight is 187 g/mol. The first-order chi connectivity index (χ1) is 6.25. The minimum atomic E-state index is -0.408. The van der Waals surface area contributed by atoms with E-state index in [1.165, 1.54) is 0 Å². The zero-order chi connectivity index (χ0) is 9.68. The number of aromatic amines is 2. The maximum Gasteiger partial charge on any atom is 0.344 e. The first-order valence-corrected chi connectivity index (χ1v) is 4.24. The molecule has 6 nitrogen and oxygen atoms in total. The summed E-state index contributed by atoms with van der Waals surface area (Å²) in [5.41, 5.74) is -0.817. The van der Waals surface area contributed by atoms with E-state index in [2.05, 4.69) is 10.2 Å². The van der Waals surface area contributed by atoms with E-state index in [1.807, 2.05) is 0 Å². The van der Waals surface area contributed by atoms with Crippen LogP contribution in [0.3, 0.4) is 0 Å². The Morgan fingerprint density at radius 3 is 2.23 bits per heavy atom. The molecule has 0 aliphatic heterocycles. The lowest BCUT2D eigenvalue weighted by Gasteiger charge is -1.97. The average Bonchev–Trinajstić information content (AvgIpc) is 2.42. The van der Waals surface area contributed by atoms with Crippen molar-refractivity contribution in [3.63, 3.8) is 0 Å². The van der Waals surface area contributed by atoms with Crippen molar-refractivity contribution in [1.29, 1.82) is 0 Å². The third-order valence-corrected chi connectivity index (χ3v) is 1.81. The Bertz CT molecular complexity index is 321. The van der Waals surface area contributed by atoms with Crippen molar-refractivity contribution in [2.24, 2.45) is 0 Å². The molecule has 0 aromatic carbocycles. The standard InChI is InChI=1S/C7H13N3O3/c11-5-3-1-2-4-10-6(12)8-9-7(10)13/h11H,1-5H2,(H,8,12)(H,9,13). The van der Waals surface area contributed by atoms with E-state index in [0.717, 1.165) is 17.4 Å². The Hall–Kier alpha value is -1.30. The van der Waals surface area contributed by atoms with E-state index >= 15 is 0 Å². The van der Waals surface area contributed by atoms with Gasteiger partial charge in [-0.15, -0.1) is 0 Å². The van der Waals surface area contributed by atoms with Crippen LogP contribution in [0, 0.1) is 0 Å². The summed E-state index contributed by atoms with van der Waals surface area (Å²) in [5.74, 6) is 0. The van der Waals surface area contributed by atoms with Crippen LogP contribution >= 0.6 is 0 Å². The predicted molar refractivity (Wildman–Crippen MR) is 46.6 cm³/mol. The van der Waals surface area contributed by atoms with Gasteiger partial charge >= 0.3 is 11.4 Å². The number of rotatable bonds is 5. The van der Waals surface area contributed by atoms with Gasteiger partial charge in [-0.3, -0.25) is 0 Å². The number of hydrogen-bond acceptors (Lipinski definition) is 3. The smallest absolute Gasteiger partial charge is 0.344 e. The molecule has 0 unspecified atom stereocenters. The number of nitrogens with zero attached hydrogens (tertiary/aromatic N) is 1. The Balaban J connectivity index is 2.45. The van der Waals surface area contributed by atoms with E-state index in [1.54, 1.807) is 0 Å². The molecule has 1 heterocycles. The van der Waals surface area contributed by atoms with Crippen LogP contribution in [-0.2, 0) is 6.54 Å². The predicted octanol–water partition coefficient (Wildman–Crippen LogP) is -0.973. The maximum atomic E-state index is 10.9. The Labute approximate surface area is 74.2 Å². The first kappa shape index (κ1) is 9.79. The number of nitrogens with one attached hydrogen (secondary N) is 2. The highest BCUT2D eigenvalue weighted by Gasteiger charge is 2.00. The highest BCUT2D eigenvalue weighted by atomic mass is 16.3. The van der Waals surface area contributed by atoms with Crippen LogP contribution in [-0.4, -0.2) is 26.5 Å². The quantitative estimate of drug-likeness (QED) is 0.518. The van der Waals surface area contributed by atoms with Gasteiger partial charge in [0.2, 0.25) is 0 Å². The molecule has 1 rings (SSSR count). The second-order valence-electron chi connectivity index (χ2n) is 2.80. The molecule has 0 saturated carbocycles. The molecule has 0 saturated heterocycles. The second-order valence-corrected chi connectivity index (χ2v) is 2.80. The van der Waals surface area contributed by atoms with Gasteiger partial charge in [0.25, 0.3) is 0 Å². The topological polar surface area (TPSA) is 90.9 Å². The summed E-state index contributed by atoms with van der Waals surface area (Å²) >= 11 is 0. The highest BCUT2D eigenvalue weighted by molar-refractivity contribution is 4.65. The van der Waals surface area contributed by atoms with Crippen molar-refractivity contribution in [1.82, 2.24) is 14.8 Å². The summed E-state index contributed by atoms with van der Waals surface area (Å²) < 4.78 is 1.11. The molecule has 0 bridgehead atoms. The molecule has 0 fully saturated rings. The lowest BCUT2D eigenvalue weighted by molar-refractivity contribution is 0.281. The van der Waals surface area contributed by atoms with Gasteiger partial charge in [0, 0.05) is 13.2 Å². The number of aliphatic hydroxyl groups excluding tert-OH is 1. The normalized spacial score (nSPS) is 10.5. The van der Waals surface area contributed by atoms with Crippen LogP contribution in [0.4, 0.5) is 0 Å². The Kier molecular flexibility index (Phi) is 3.51. The fourth-order valence-corrected chi connectivity index (χ4v) is 1.10. The number of H-pyrrole nitrogens is 2. The molecule has 74 valence electrons. The monoisotopic (exact) mass is 187 g/mol. The summed E-state index contributed by atoms with van der Waals surface area (Å²) in [6.45, 7) is 0.552. The molecule has 0 aliphatic carbocycles. The van der Waals surface area contributed by atoms with Gasteiger partial charge in [0.1, 0.15) is 0 Å². The van der Waals surface area contributed by atoms with Crippen molar-refractivity contribution in [3.8, 4) is 0 Å². The number of aliphatic hydroxyl groups is 1. The summed E-state index contributed by atoms with van der Waals surface area (Å²) in [4.78, 5) is 21.9. The summed E-state index contributed by atoms with van der Waals surface area (Å²) in [7, 11) is 0. The van der Waals surface area contributed by atoms with Crippen LogP contribution in [0.1, 0.15) is 19.3 Å². The minimum Gasteiger partial charge on any atom is -0.396 e. The van der Waals surface area contributed by atoms with Crippen molar-refractivity contribution in [2.45, 2.75) is 25.8 Å². The van der Waals surface area contributed by atoms with Crippen LogP contribution in [0.5, 0.6) is 0 Å². The summed E-state index contributed by atoms with van der Waals surface area (Å²) in [6.07, 6.45) is 2.24. The fraction of sp³-hybridized carbons (Fsp3) is 0.714. The van der Waals surface area contributed by atoms with Crippen molar-refractivity contribution in [3.05, 3.63) is 21.0 Å². The molecule has 13 heavy (non-hydrogen) atoms. The number of unbranched alkanes of at least 4 members (excludes halogenated alkanes) is 2. The van der Waals surface area contributed by atoms with Crippen LogP contribution in [0.25, 0.3) is 0 Å². The molecular formula is C7H13N3O3. The fourth-order valence-electron chi connectivity index (χ4n) is 1.10. The zero-order valence-corrected chi connectivity index (χ0v) is 7.25. The van der Waals surface area contributed by atoms with Gasteiger partial charge in [-0.25, -0.2) is 24.4 Å². The second kappa shape index (κ2) is 4.66. The lowest BCUT2D eigenvalue weighted by atomic mass is 10.2. The van der Waals surface area contributed by atoms with E-state index in [-0.39, 0.29) is 6.61 Å². The van der Waals surface area contributed by atoms with E-state index in [0.29, 0.717) is 13.0 Å². The first-order valence-electron chi connectivity index (χ1n) is 4.24. The number of hydrogen-bond donors (Lipinski definition) is 3. The number of aromatic nitrogens is 3.